The van der Waals surface area contributed by atoms with Crippen LogP contribution in [0, 0.1) is 18.3 Å². The van der Waals surface area contributed by atoms with Crippen molar-refractivity contribution < 1.29 is 5.11 Å². The monoisotopic (exact) mass is 271 g/mol. The average molecular weight is 271 g/mol. The van der Waals surface area contributed by atoms with Gasteiger partial charge in [0.1, 0.15) is 5.69 Å². The largest absolute Gasteiger partial charge is 0.396 e. The zero-order valence-corrected chi connectivity index (χ0v) is 11.3. The highest BCUT2D eigenvalue weighted by atomic mass is 16.3. The summed E-state index contributed by atoms with van der Waals surface area (Å²) in [4.78, 5) is 0. The van der Waals surface area contributed by atoms with E-state index < -0.39 is 6.04 Å². The quantitative estimate of drug-likeness (QED) is 0.834. The molecule has 6 nitrogen and oxygen atoms in total. The maximum Gasteiger partial charge on any atom is 0.160 e. The van der Waals surface area contributed by atoms with Crippen LogP contribution in [0.15, 0.2) is 30.5 Å². The molecule has 1 atom stereocenters. The van der Waals surface area contributed by atoms with Crippen LogP contribution in [0.1, 0.15) is 23.7 Å². The lowest BCUT2D eigenvalue weighted by molar-refractivity contribution is 0.276. The topological polar surface area (TPSA) is 86.8 Å². The first-order valence-corrected chi connectivity index (χ1v) is 6.46. The van der Waals surface area contributed by atoms with Crippen molar-refractivity contribution in [2.24, 2.45) is 0 Å². The fourth-order valence-corrected chi connectivity index (χ4v) is 1.86. The Morgan fingerprint density at radius 1 is 1.50 bits per heavy atom. The summed E-state index contributed by atoms with van der Waals surface area (Å²) in [6, 6.07) is 9.45. The molecular formula is C14H17N5O. The highest BCUT2D eigenvalue weighted by Gasteiger charge is 2.14. The van der Waals surface area contributed by atoms with Gasteiger partial charge in [0.2, 0.25) is 0 Å². The maximum atomic E-state index is 9.27. The molecule has 1 aromatic carbocycles. The summed E-state index contributed by atoms with van der Waals surface area (Å²) in [5, 5.41) is 29.1. The number of hydrogen-bond acceptors (Lipinski definition) is 5. The molecule has 2 aromatic rings. The number of hydrogen-bond donors (Lipinski definition) is 2. The Kier molecular flexibility index (Phi) is 4.69. The van der Waals surface area contributed by atoms with Gasteiger partial charge in [0, 0.05) is 18.8 Å². The van der Waals surface area contributed by atoms with Crippen molar-refractivity contribution in [1.82, 2.24) is 15.0 Å². The minimum atomic E-state index is -0.542. The van der Waals surface area contributed by atoms with E-state index in [9.17, 15) is 5.26 Å². The molecule has 0 amide bonds. The number of nitriles is 1. The molecule has 0 fully saturated rings. The van der Waals surface area contributed by atoms with Crippen molar-refractivity contribution in [3.05, 3.63) is 41.7 Å². The summed E-state index contributed by atoms with van der Waals surface area (Å²) in [5.41, 5.74) is 2.58. The number of aromatic nitrogens is 3. The van der Waals surface area contributed by atoms with Gasteiger partial charge in [-0.1, -0.05) is 17.3 Å². The molecule has 0 radical (unpaired) electrons. The summed E-state index contributed by atoms with van der Waals surface area (Å²) in [7, 11) is 0. The molecule has 2 rings (SSSR count). The summed E-state index contributed by atoms with van der Waals surface area (Å²) in [6.45, 7) is 2.70. The van der Waals surface area contributed by atoms with Crippen LogP contribution in [-0.4, -0.2) is 26.7 Å². The van der Waals surface area contributed by atoms with Gasteiger partial charge < -0.3 is 10.4 Å². The van der Waals surface area contributed by atoms with Gasteiger partial charge >= 0.3 is 0 Å². The number of aryl methyl sites for hydroxylation is 2. The van der Waals surface area contributed by atoms with Gasteiger partial charge in [-0.3, -0.25) is 4.68 Å². The van der Waals surface area contributed by atoms with Crippen molar-refractivity contribution in [3.8, 4) is 6.07 Å². The zero-order valence-electron chi connectivity index (χ0n) is 11.3. The fourth-order valence-electron chi connectivity index (χ4n) is 1.86. The van der Waals surface area contributed by atoms with Gasteiger partial charge in [0.05, 0.1) is 12.3 Å². The Morgan fingerprint density at radius 2 is 2.35 bits per heavy atom. The lowest BCUT2D eigenvalue weighted by atomic mass is 10.2. The van der Waals surface area contributed by atoms with Gasteiger partial charge in [-0.2, -0.15) is 5.26 Å². The molecule has 104 valence electrons. The molecule has 1 heterocycles. The molecule has 6 heteroatoms. The number of nitrogens with zero attached hydrogens (tertiary/aromatic N) is 4. The molecule has 0 saturated carbocycles. The minimum absolute atomic E-state index is 0.110. The van der Waals surface area contributed by atoms with Crippen molar-refractivity contribution >= 4 is 5.69 Å². The van der Waals surface area contributed by atoms with Crippen LogP contribution in [0.5, 0.6) is 0 Å². The van der Waals surface area contributed by atoms with Gasteiger partial charge in [-0.25, -0.2) is 0 Å². The third kappa shape index (κ3) is 3.56. The zero-order chi connectivity index (χ0) is 14.4. The first-order valence-electron chi connectivity index (χ1n) is 6.46. The summed E-state index contributed by atoms with van der Waals surface area (Å²) < 4.78 is 1.63. The molecule has 0 bridgehead atoms. The molecule has 0 saturated heterocycles. The Balaban J connectivity index is 2.08. The highest BCUT2D eigenvalue weighted by Crippen LogP contribution is 2.18. The molecule has 1 aromatic heterocycles. The van der Waals surface area contributed by atoms with Crippen LogP contribution >= 0.6 is 0 Å². The van der Waals surface area contributed by atoms with E-state index >= 15 is 0 Å². The van der Waals surface area contributed by atoms with E-state index in [-0.39, 0.29) is 6.61 Å². The number of aliphatic hydroxyl groups excluding tert-OH is 1. The van der Waals surface area contributed by atoms with Crippen LogP contribution in [0.3, 0.4) is 0 Å². The van der Waals surface area contributed by atoms with Gasteiger partial charge in [0.15, 0.2) is 6.04 Å². The van der Waals surface area contributed by atoms with Crippen LogP contribution in [-0.2, 0) is 6.54 Å². The normalized spacial score (nSPS) is 11.8. The van der Waals surface area contributed by atoms with E-state index in [0.717, 1.165) is 11.3 Å². The van der Waals surface area contributed by atoms with E-state index in [1.807, 2.05) is 31.2 Å². The summed E-state index contributed by atoms with van der Waals surface area (Å²) >= 11 is 0. The van der Waals surface area contributed by atoms with Gasteiger partial charge in [-0.15, -0.1) is 5.10 Å². The number of aliphatic hydroxyl groups is 1. The Hall–Kier alpha value is -2.39. The second-order valence-electron chi connectivity index (χ2n) is 4.56. The Bertz CT molecular complexity index is 602. The number of rotatable bonds is 6. The summed E-state index contributed by atoms with van der Waals surface area (Å²) in [5.74, 6) is 0. The second kappa shape index (κ2) is 6.68. The first-order chi connectivity index (χ1) is 9.72. The van der Waals surface area contributed by atoms with E-state index in [1.54, 1.807) is 10.9 Å². The van der Waals surface area contributed by atoms with Gasteiger partial charge in [0.25, 0.3) is 0 Å². The van der Waals surface area contributed by atoms with Crippen molar-refractivity contribution in [1.29, 1.82) is 5.26 Å². The minimum Gasteiger partial charge on any atom is -0.396 e. The van der Waals surface area contributed by atoms with Crippen molar-refractivity contribution in [3.63, 3.8) is 0 Å². The Labute approximate surface area is 117 Å². The molecule has 1 unspecified atom stereocenters. The SMILES string of the molecule is Cc1cccc(NC(C#N)c2cn(CCCO)nn2)c1. The molecule has 2 N–H and O–H groups in total. The van der Waals surface area contributed by atoms with Crippen LogP contribution in [0.4, 0.5) is 5.69 Å². The van der Waals surface area contributed by atoms with E-state index in [2.05, 4.69) is 21.7 Å². The predicted molar refractivity (Wildman–Crippen MR) is 74.9 cm³/mol. The van der Waals surface area contributed by atoms with E-state index in [4.69, 9.17) is 5.11 Å². The molecule has 0 aliphatic carbocycles. The van der Waals surface area contributed by atoms with E-state index in [1.165, 1.54) is 0 Å². The molecule has 0 aliphatic rings. The van der Waals surface area contributed by atoms with Crippen LogP contribution in [0.2, 0.25) is 0 Å². The first kappa shape index (κ1) is 14.0. The lowest BCUT2D eigenvalue weighted by Crippen LogP contribution is -2.09. The smallest absolute Gasteiger partial charge is 0.160 e. The Morgan fingerprint density at radius 3 is 3.05 bits per heavy atom. The number of nitrogens with one attached hydrogen (secondary N) is 1. The molecule has 20 heavy (non-hydrogen) atoms. The third-order valence-corrected chi connectivity index (χ3v) is 2.86. The second-order valence-corrected chi connectivity index (χ2v) is 4.56. The number of benzene rings is 1. The molecular weight excluding hydrogens is 254 g/mol. The highest BCUT2D eigenvalue weighted by molar-refractivity contribution is 5.48. The van der Waals surface area contributed by atoms with Crippen LogP contribution in [0.25, 0.3) is 0 Å². The molecule has 0 aliphatic heterocycles. The lowest BCUT2D eigenvalue weighted by Gasteiger charge is -2.10. The third-order valence-electron chi connectivity index (χ3n) is 2.86. The van der Waals surface area contributed by atoms with Crippen LogP contribution < -0.4 is 5.32 Å². The number of anilines is 1. The predicted octanol–water partition coefficient (Wildman–Crippen LogP) is 1.65. The van der Waals surface area contributed by atoms with Gasteiger partial charge in [-0.05, 0) is 31.0 Å². The van der Waals surface area contributed by atoms with E-state index in [0.29, 0.717) is 18.7 Å². The fraction of sp³-hybridized carbons (Fsp3) is 0.357. The average Bonchev–Trinajstić information content (AvgIpc) is 2.91. The maximum absolute atomic E-state index is 9.27. The van der Waals surface area contributed by atoms with Crippen molar-refractivity contribution in [2.45, 2.75) is 25.9 Å². The molecule has 0 spiro atoms. The standard InChI is InChI=1S/C14H17N5O/c1-11-4-2-5-12(8-11)16-13(9-15)14-10-19(18-17-14)6-3-7-20/h2,4-5,8,10,13,16,20H,3,6-7H2,1H3. The van der Waals surface area contributed by atoms with Crippen molar-refractivity contribution in [2.75, 3.05) is 11.9 Å². The summed E-state index contributed by atoms with van der Waals surface area (Å²) in [6.07, 6.45) is 2.34.